The van der Waals surface area contributed by atoms with Gasteiger partial charge in [0.1, 0.15) is 6.04 Å². The largest absolute Gasteiger partial charge is 0.323 e. The van der Waals surface area contributed by atoms with Gasteiger partial charge in [0.05, 0.1) is 16.8 Å². The van der Waals surface area contributed by atoms with E-state index in [0.717, 1.165) is 14.9 Å². The lowest BCUT2D eigenvalue weighted by atomic mass is 10.0. The van der Waals surface area contributed by atoms with Crippen molar-refractivity contribution < 1.29 is 14.4 Å². The van der Waals surface area contributed by atoms with Crippen molar-refractivity contribution in [2.75, 3.05) is 5.32 Å². The number of imide groups is 1. The van der Waals surface area contributed by atoms with Crippen LogP contribution in [0.2, 0.25) is 0 Å². The number of benzene rings is 2. The third-order valence-corrected chi connectivity index (χ3v) is 5.17. The van der Waals surface area contributed by atoms with Crippen LogP contribution in [0.4, 0.5) is 5.69 Å². The van der Waals surface area contributed by atoms with Crippen molar-refractivity contribution in [1.29, 1.82) is 0 Å². The van der Waals surface area contributed by atoms with E-state index < -0.39 is 17.9 Å². The molecule has 5 nitrogen and oxygen atoms in total. The highest BCUT2D eigenvalue weighted by Crippen LogP contribution is 2.29. The number of rotatable bonds is 5. The Labute approximate surface area is 166 Å². The molecule has 1 atom stereocenters. The number of amides is 3. The zero-order valence-corrected chi connectivity index (χ0v) is 17.0. The Morgan fingerprint density at radius 1 is 1.07 bits per heavy atom. The Morgan fingerprint density at radius 2 is 1.67 bits per heavy atom. The van der Waals surface area contributed by atoms with E-state index >= 15 is 0 Å². The zero-order valence-electron chi connectivity index (χ0n) is 15.5. The summed E-state index contributed by atoms with van der Waals surface area (Å²) in [6.07, 6.45) is 0.390. The monoisotopic (exact) mass is 428 g/mol. The molecule has 0 spiro atoms. The third kappa shape index (κ3) is 3.81. The Hall–Kier alpha value is -2.47. The number of carbonyl (C=O) groups excluding carboxylic acids is 3. The van der Waals surface area contributed by atoms with Gasteiger partial charge in [0.25, 0.3) is 11.8 Å². The molecule has 2 aromatic rings. The zero-order chi connectivity index (χ0) is 19.7. The first-order valence-electron chi connectivity index (χ1n) is 8.83. The van der Waals surface area contributed by atoms with E-state index in [1.807, 2.05) is 32.9 Å². The SMILES string of the molecule is Cc1ccc(NC(=O)C(CC(C)C)N2C(=O)c3ccccc3C2=O)c(Br)c1. The molecule has 1 N–H and O–H groups in total. The molecule has 0 aromatic heterocycles. The van der Waals surface area contributed by atoms with Gasteiger partial charge in [-0.05, 0) is 65.0 Å². The Bertz CT molecular complexity index is 888. The van der Waals surface area contributed by atoms with Crippen molar-refractivity contribution in [3.8, 4) is 0 Å². The van der Waals surface area contributed by atoms with Crippen LogP contribution in [0.3, 0.4) is 0 Å². The van der Waals surface area contributed by atoms with Gasteiger partial charge in [-0.3, -0.25) is 19.3 Å². The fourth-order valence-corrected chi connectivity index (χ4v) is 3.80. The van der Waals surface area contributed by atoms with Gasteiger partial charge in [0.15, 0.2) is 0 Å². The van der Waals surface area contributed by atoms with Crippen LogP contribution in [0, 0.1) is 12.8 Å². The van der Waals surface area contributed by atoms with Gasteiger partial charge in [0, 0.05) is 4.47 Å². The Balaban J connectivity index is 1.91. The second-order valence-electron chi connectivity index (χ2n) is 7.14. The summed E-state index contributed by atoms with van der Waals surface area (Å²) in [4.78, 5) is 39.8. The predicted octanol–water partition coefficient (Wildman–Crippen LogP) is 4.41. The maximum atomic E-state index is 13.0. The molecule has 0 saturated heterocycles. The van der Waals surface area contributed by atoms with E-state index in [1.54, 1.807) is 30.3 Å². The van der Waals surface area contributed by atoms with E-state index in [-0.39, 0.29) is 11.8 Å². The van der Waals surface area contributed by atoms with Crippen LogP contribution in [-0.2, 0) is 4.79 Å². The number of hydrogen-bond donors (Lipinski definition) is 1. The first-order chi connectivity index (χ1) is 12.8. The van der Waals surface area contributed by atoms with Crippen molar-refractivity contribution in [3.05, 3.63) is 63.6 Å². The summed E-state index contributed by atoms with van der Waals surface area (Å²) in [5.74, 6) is -1.08. The first-order valence-corrected chi connectivity index (χ1v) is 9.63. The van der Waals surface area contributed by atoms with Gasteiger partial charge < -0.3 is 5.32 Å². The van der Waals surface area contributed by atoms with Crippen LogP contribution in [0.5, 0.6) is 0 Å². The van der Waals surface area contributed by atoms with Crippen LogP contribution in [-0.4, -0.2) is 28.7 Å². The van der Waals surface area contributed by atoms with Gasteiger partial charge in [-0.25, -0.2) is 0 Å². The summed E-state index contributed by atoms with van der Waals surface area (Å²) in [6.45, 7) is 5.87. The topological polar surface area (TPSA) is 66.5 Å². The van der Waals surface area contributed by atoms with E-state index in [4.69, 9.17) is 0 Å². The highest BCUT2D eigenvalue weighted by molar-refractivity contribution is 9.10. The van der Waals surface area contributed by atoms with E-state index in [0.29, 0.717) is 23.2 Å². The Kier molecular flexibility index (Phi) is 5.46. The fraction of sp³-hybridized carbons (Fsp3) is 0.286. The number of nitrogens with zero attached hydrogens (tertiary/aromatic N) is 1. The van der Waals surface area contributed by atoms with Crippen LogP contribution < -0.4 is 5.32 Å². The summed E-state index contributed by atoms with van der Waals surface area (Å²) < 4.78 is 0.751. The molecule has 0 bridgehead atoms. The van der Waals surface area contributed by atoms with Crippen molar-refractivity contribution in [3.63, 3.8) is 0 Å². The van der Waals surface area contributed by atoms with Gasteiger partial charge in [-0.1, -0.05) is 32.0 Å². The van der Waals surface area contributed by atoms with Crippen molar-refractivity contribution >= 4 is 39.3 Å². The Morgan fingerprint density at radius 3 is 2.19 bits per heavy atom. The smallest absolute Gasteiger partial charge is 0.262 e. The number of hydrogen-bond acceptors (Lipinski definition) is 3. The molecule has 0 radical (unpaired) electrons. The minimum atomic E-state index is -0.870. The molecule has 2 aromatic carbocycles. The molecule has 0 aliphatic carbocycles. The highest BCUT2D eigenvalue weighted by atomic mass is 79.9. The molecule has 1 heterocycles. The summed E-state index contributed by atoms with van der Waals surface area (Å²) >= 11 is 3.44. The second-order valence-corrected chi connectivity index (χ2v) is 8.00. The molecule has 3 amide bonds. The molecule has 140 valence electrons. The minimum Gasteiger partial charge on any atom is -0.323 e. The van der Waals surface area contributed by atoms with Crippen molar-refractivity contribution in [1.82, 2.24) is 4.90 Å². The fourth-order valence-electron chi connectivity index (χ4n) is 3.20. The number of anilines is 1. The lowest BCUT2D eigenvalue weighted by molar-refractivity contribution is -0.120. The molecule has 1 aliphatic heterocycles. The maximum absolute atomic E-state index is 13.0. The van der Waals surface area contributed by atoms with E-state index in [9.17, 15) is 14.4 Å². The third-order valence-electron chi connectivity index (χ3n) is 4.52. The average Bonchev–Trinajstić information content (AvgIpc) is 2.86. The second kappa shape index (κ2) is 7.64. The van der Waals surface area contributed by atoms with Crippen molar-refractivity contribution in [2.45, 2.75) is 33.2 Å². The number of fused-ring (bicyclic) bond motifs is 1. The summed E-state index contributed by atoms with van der Waals surface area (Å²) in [7, 11) is 0. The highest BCUT2D eigenvalue weighted by Gasteiger charge is 2.42. The van der Waals surface area contributed by atoms with Gasteiger partial charge in [-0.15, -0.1) is 0 Å². The van der Waals surface area contributed by atoms with Crippen LogP contribution in [0.25, 0.3) is 0 Å². The lowest BCUT2D eigenvalue weighted by Crippen LogP contribution is -2.48. The molecular formula is C21H21BrN2O3. The molecule has 1 unspecified atom stereocenters. The van der Waals surface area contributed by atoms with Crippen molar-refractivity contribution in [2.24, 2.45) is 5.92 Å². The van der Waals surface area contributed by atoms with Crippen LogP contribution in [0.15, 0.2) is 46.9 Å². The summed E-state index contributed by atoms with van der Waals surface area (Å²) in [5.41, 5.74) is 2.36. The lowest BCUT2D eigenvalue weighted by Gasteiger charge is -2.27. The number of halogens is 1. The molecule has 0 saturated carbocycles. The molecule has 6 heteroatoms. The molecule has 27 heavy (non-hydrogen) atoms. The predicted molar refractivity (Wildman–Crippen MR) is 108 cm³/mol. The number of aryl methyl sites for hydroxylation is 1. The number of nitrogens with one attached hydrogen (secondary N) is 1. The number of carbonyl (C=O) groups is 3. The minimum absolute atomic E-state index is 0.131. The molecule has 1 aliphatic rings. The summed E-state index contributed by atoms with van der Waals surface area (Å²) in [5, 5.41) is 2.86. The van der Waals surface area contributed by atoms with E-state index in [2.05, 4.69) is 21.2 Å². The van der Waals surface area contributed by atoms with Gasteiger partial charge in [0.2, 0.25) is 5.91 Å². The quantitative estimate of drug-likeness (QED) is 0.717. The molecule has 3 rings (SSSR count). The molecule has 0 fully saturated rings. The average molecular weight is 429 g/mol. The molecular weight excluding hydrogens is 408 g/mol. The van der Waals surface area contributed by atoms with Gasteiger partial charge >= 0.3 is 0 Å². The van der Waals surface area contributed by atoms with E-state index in [1.165, 1.54) is 0 Å². The first kappa shape index (κ1) is 19.3. The standard InChI is InChI=1S/C21H21BrN2O3/c1-12(2)10-18(19(25)23-17-9-8-13(3)11-16(17)22)24-20(26)14-6-4-5-7-15(14)21(24)27/h4-9,11-12,18H,10H2,1-3H3,(H,23,25). The van der Waals surface area contributed by atoms with Crippen LogP contribution >= 0.6 is 15.9 Å². The maximum Gasteiger partial charge on any atom is 0.262 e. The van der Waals surface area contributed by atoms with Gasteiger partial charge in [-0.2, -0.15) is 0 Å². The normalized spacial score (nSPS) is 14.5. The summed E-state index contributed by atoms with van der Waals surface area (Å²) in [6, 6.07) is 11.4. The van der Waals surface area contributed by atoms with Crippen LogP contribution in [0.1, 0.15) is 46.5 Å².